The van der Waals surface area contributed by atoms with E-state index in [-0.39, 0.29) is 23.5 Å². The maximum atomic E-state index is 14.7. The summed E-state index contributed by atoms with van der Waals surface area (Å²) in [5.74, 6) is 1.66. The SMILES string of the molecule is CCCCC1CC2(CNCC2C(=O)N2CCC(c3ccccc3)CC2c2ccccc2)c2ccccc2O1. The van der Waals surface area contributed by atoms with Crippen LogP contribution in [0.2, 0.25) is 0 Å². The molecule has 3 aliphatic heterocycles. The van der Waals surface area contributed by atoms with E-state index in [9.17, 15) is 4.79 Å². The molecule has 0 saturated carbocycles. The van der Waals surface area contributed by atoms with Crippen LogP contribution < -0.4 is 10.1 Å². The number of ether oxygens (including phenoxy) is 1. The van der Waals surface area contributed by atoms with Gasteiger partial charge in [0.1, 0.15) is 5.75 Å². The van der Waals surface area contributed by atoms with Gasteiger partial charge in [-0.1, -0.05) is 98.6 Å². The van der Waals surface area contributed by atoms with E-state index >= 15 is 0 Å². The number of para-hydroxylation sites is 1. The first-order valence-corrected chi connectivity index (χ1v) is 14.6. The van der Waals surface area contributed by atoms with Crippen molar-refractivity contribution < 1.29 is 9.53 Å². The molecule has 3 aromatic rings. The quantitative estimate of drug-likeness (QED) is 0.406. The first-order valence-electron chi connectivity index (χ1n) is 14.6. The molecule has 38 heavy (non-hydrogen) atoms. The Bertz CT molecular complexity index is 1230. The van der Waals surface area contributed by atoms with Crippen LogP contribution in [0.4, 0.5) is 0 Å². The minimum atomic E-state index is -0.220. The minimum Gasteiger partial charge on any atom is -0.490 e. The third-order valence-corrected chi connectivity index (χ3v) is 9.28. The lowest BCUT2D eigenvalue weighted by Gasteiger charge is -2.46. The van der Waals surface area contributed by atoms with Crippen LogP contribution >= 0.6 is 0 Å². The predicted octanol–water partition coefficient (Wildman–Crippen LogP) is 6.63. The van der Waals surface area contributed by atoms with Gasteiger partial charge in [0.25, 0.3) is 0 Å². The van der Waals surface area contributed by atoms with Crippen molar-refractivity contribution in [1.29, 1.82) is 0 Å². The number of piperidine rings is 1. The summed E-state index contributed by atoms with van der Waals surface area (Å²) in [5.41, 5.74) is 3.62. The van der Waals surface area contributed by atoms with Crippen LogP contribution in [-0.4, -0.2) is 36.5 Å². The van der Waals surface area contributed by atoms with Gasteiger partial charge in [0, 0.05) is 30.6 Å². The molecule has 1 amide bonds. The number of fused-ring (bicyclic) bond motifs is 2. The molecule has 4 heteroatoms. The van der Waals surface area contributed by atoms with Crippen molar-refractivity contribution in [2.75, 3.05) is 19.6 Å². The molecule has 0 aliphatic carbocycles. The Balaban J connectivity index is 1.33. The lowest BCUT2D eigenvalue weighted by atomic mass is 9.66. The second-order valence-corrected chi connectivity index (χ2v) is 11.5. The predicted molar refractivity (Wildman–Crippen MR) is 152 cm³/mol. The summed E-state index contributed by atoms with van der Waals surface area (Å²) < 4.78 is 6.50. The minimum absolute atomic E-state index is 0.0869. The highest BCUT2D eigenvalue weighted by molar-refractivity contribution is 5.82. The van der Waals surface area contributed by atoms with E-state index in [4.69, 9.17) is 4.74 Å². The maximum Gasteiger partial charge on any atom is 0.228 e. The van der Waals surface area contributed by atoms with Crippen molar-refractivity contribution in [3.63, 3.8) is 0 Å². The molecule has 0 aromatic heterocycles. The fourth-order valence-corrected chi connectivity index (χ4v) is 7.34. The normalized spacial score (nSPS) is 28.6. The number of unbranched alkanes of at least 4 members (excludes halogenated alkanes) is 1. The summed E-state index contributed by atoms with van der Waals surface area (Å²) in [6.07, 6.45) is 6.39. The molecule has 0 radical (unpaired) electrons. The number of carbonyl (C=O) groups excluding carboxylic acids is 1. The Morgan fingerprint density at radius 3 is 2.45 bits per heavy atom. The van der Waals surface area contributed by atoms with Gasteiger partial charge in [-0.25, -0.2) is 0 Å². The highest BCUT2D eigenvalue weighted by atomic mass is 16.5. The summed E-state index contributed by atoms with van der Waals surface area (Å²) in [5, 5.41) is 3.66. The third-order valence-electron chi connectivity index (χ3n) is 9.28. The van der Waals surface area contributed by atoms with E-state index in [1.165, 1.54) is 16.7 Å². The van der Waals surface area contributed by atoms with Crippen LogP contribution in [0.5, 0.6) is 5.75 Å². The molecule has 5 unspecified atom stereocenters. The lowest BCUT2D eigenvalue weighted by molar-refractivity contribution is -0.141. The van der Waals surface area contributed by atoms with E-state index in [1.807, 2.05) is 0 Å². The number of carbonyl (C=O) groups is 1. The Morgan fingerprint density at radius 2 is 1.68 bits per heavy atom. The highest BCUT2D eigenvalue weighted by Crippen LogP contribution is 2.50. The molecule has 198 valence electrons. The summed E-state index contributed by atoms with van der Waals surface area (Å²) in [7, 11) is 0. The average Bonchev–Trinajstić information content (AvgIpc) is 3.40. The topological polar surface area (TPSA) is 41.6 Å². The van der Waals surface area contributed by atoms with E-state index in [2.05, 4.69) is 102 Å². The molecule has 2 fully saturated rings. The molecule has 3 aliphatic rings. The van der Waals surface area contributed by atoms with Gasteiger partial charge in [0.15, 0.2) is 0 Å². The van der Waals surface area contributed by atoms with Gasteiger partial charge in [-0.15, -0.1) is 0 Å². The zero-order valence-corrected chi connectivity index (χ0v) is 22.5. The molecular formula is C34H40N2O2. The summed E-state index contributed by atoms with van der Waals surface area (Å²) in [6, 6.07) is 30.1. The van der Waals surface area contributed by atoms with Gasteiger partial charge in [0.2, 0.25) is 5.91 Å². The number of amides is 1. The zero-order valence-electron chi connectivity index (χ0n) is 22.5. The summed E-state index contributed by atoms with van der Waals surface area (Å²) in [6.45, 7) is 4.59. The van der Waals surface area contributed by atoms with Crippen molar-refractivity contribution in [1.82, 2.24) is 10.2 Å². The maximum absolute atomic E-state index is 14.7. The molecule has 5 atom stereocenters. The number of hydrogen-bond donors (Lipinski definition) is 1. The van der Waals surface area contributed by atoms with E-state index in [0.29, 0.717) is 11.8 Å². The molecule has 2 saturated heterocycles. The van der Waals surface area contributed by atoms with E-state index in [0.717, 1.165) is 63.9 Å². The molecule has 3 heterocycles. The number of nitrogens with one attached hydrogen (secondary N) is 1. The molecule has 6 rings (SSSR count). The molecule has 1 spiro atoms. The fraction of sp³-hybridized carbons (Fsp3) is 0.441. The smallest absolute Gasteiger partial charge is 0.228 e. The van der Waals surface area contributed by atoms with Crippen LogP contribution in [0.3, 0.4) is 0 Å². The van der Waals surface area contributed by atoms with Crippen LogP contribution in [0.25, 0.3) is 0 Å². The molecule has 4 nitrogen and oxygen atoms in total. The largest absolute Gasteiger partial charge is 0.490 e. The summed E-state index contributed by atoms with van der Waals surface area (Å²) >= 11 is 0. The first kappa shape index (κ1) is 25.2. The van der Waals surface area contributed by atoms with Gasteiger partial charge in [-0.3, -0.25) is 4.79 Å². The molecule has 3 aromatic carbocycles. The highest BCUT2D eigenvalue weighted by Gasteiger charge is 2.54. The number of benzene rings is 3. The molecule has 1 N–H and O–H groups in total. The Labute approximate surface area is 227 Å². The van der Waals surface area contributed by atoms with Crippen molar-refractivity contribution in [2.45, 2.75) is 68.9 Å². The number of likely N-dealkylation sites (tertiary alicyclic amines) is 1. The monoisotopic (exact) mass is 508 g/mol. The summed E-state index contributed by atoms with van der Waals surface area (Å²) in [4.78, 5) is 16.9. The molecular weight excluding hydrogens is 468 g/mol. The Hall–Kier alpha value is -3.11. The van der Waals surface area contributed by atoms with Gasteiger partial charge in [-0.2, -0.15) is 0 Å². The van der Waals surface area contributed by atoms with Gasteiger partial charge in [-0.05, 0) is 48.8 Å². The Morgan fingerprint density at radius 1 is 0.974 bits per heavy atom. The van der Waals surface area contributed by atoms with Crippen molar-refractivity contribution in [3.8, 4) is 5.75 Å². The lowest BCUT2D eigenvalue weighted by Crippen LogP contribution is -2.52. The third kappa shape index (κ3) is 4.64. The van der Waals surface area contributed by atoms with E-state index in [1.54, 1.807) is 0 Å². The average molecular weight is 509 g/mol. The number of rotatable bonds is 6. The van der Waals surface area contributed by atoms with Gasteiger partial charge < -0.3 is 15.0 Å². The number of nitrogens with zero attached hydrogens (tertiary/aromatic N) is 1. The van der Waals surface area contributed by atoms with Crippen LogP contribution in [0, 0.1) is 5.92 Å². The second kappa shape index (κ2) is 10.9. The first-order chi connectivity index (χ1) is 18.7. The van der Waals surface area contributed by atoms with E-state index < -0.39 is 0 Å². The fourth-order valence-electron chi connectivity index (χ4n) is 7.34. The van der Waals surface area contributed by atoms with Crippen LogP contribution in [-0.2, 0) is 10.2 Å². The van der Waals surface area contributed by atoms with Crippen LogP contribution in [0.1, 0.15) is 74.1 Å². The Kier molecular flexibility index (Phi) is 7.25. The second-order valence-electron chi connectivity index (χ2n) is 11.5. The molecule has 0 bridgehead atoms. The van der Waals surface area contributed by atoms with Gasteiger partial charge in [0.05, 0.1) is 18.1 Å². The number of hydrogen-bond acceptors (Lipinski definition) is 3. The standard InChI is InChI=1S/C34H40N2O2/c1-2-3-16-28-22-34(29-17-10-11-18-32(29)38-28)24-35-23-30(34)33(37)36-20-19-27(25-12-6-4-7-13-25)21-31(36)26-14-8-5-9-15-26/h4-15,17-18,27-28,30-31,35H,2-3,16,19-24H2,1H3. The van der Waals surface area contributed by atoms with Gasteiger partial charge >= 0.3 is 0 Å². The van der Waals surface area contributed by atoms with Crippen molar-refractivity contribution in [3.05, 3.63) is 102 Å². The van der Waals surface area contributed by atoms with Crippen LogP contribution in [0.15, 0.2) is 84.9 Å². The zero-order chi connectivity index (χ0) is 26.0. The van der Waals surface area contributed by atoms with Crippen molar-refractivity contribution >= 4 is 5.91 Å². The van der Waals surface area contributed by atoms with Crippen molar-refractivity contribution in [2.24, 2.45) is 5.92 Å².